The molecule has 1 aromatic heterocycles. The van der Waals surface area contributed by atoms with E-state index in [0.717, 1.165) is 25.8 Å². The van der Waals surface area contributed by atoms with Gasteiger partial charge < -0.3 is 21.3 Å². The monoisotopic (exact) mass is 641 g/mol. The Balaban J connectivity index is 1.60. The van der Waals surface area contributed by atoms with Crippen LogP contribution in [0.25, 0.3) is 0 Å². The average Bonchev–Trinajstić information content (AvgIpc) is 2.95. The fourth-order valence-electron chi connectivity index (χ4n) is 5.50. The van der Waals surface area contributed by atoms with Crippen LogP contribution >= 0.6 is 0 Å². The number of hydrogen-bond donors (Lipinski definition) is 7. The largest absolute Gasteiger partial charge is 0.370 e. The number of aromatic amines is 1. The van der Waals surface area contributed by atoms with Crippen LogP contribution in [0.4, 0.5) is 15.5 Å². The maximum Gasteiger partial charge on any atom is 0.321 e. The molecule has 12 heteroatoms. The van der Waals surface area contributed by atoms with E-state index in [1.54, 1.807) is 6.92 Å². The molecule has 0 aliphatic carbocycles. The zero-order valence-corrected chi connectivity index (χ0v) is 28.9. The SMILES string of the molecule is C=C1C=C(NCCCCCCCCCCCCC)N=C(NC(=O)NCCC(C)CC(C)(C)CNC(=O)Nc2nc(C)cc(=O)[nH]2)N1. The van der Waals surface area contributed by atoms with Crippen molar-refractivity contribution < 1.29 is 9.59 Å². The van der Waals surface area contributed by atoms with Crippen molar-refractivity contribution in [3.05, 3.63) is 46.3 Å². The number of rotatable bonds is 21. The number of aromatic nitrogens is 2. The van der Waals surface area contributed by atoms with Gasteiger partial charge in [-0.3, -0.25) is 20.4 Å². The molecule has 0 bridgehead atoms. The van der Waals surface area contributed by atoms with Crippen LogP contribution in [0.1, 0.15) is 117 Å². The van der Waals surface area contributed by atoms with Crippen LogP contribution in [0.3, 0.4) is 0 Å². The van der Waals surface area contributed by atoms with Gasteiger partial charge in [0.2, 0.25) is 11.9 Å². The van der Waals surface area contributed by atoms with Gasteiger partial charge in [0, 0.05) is 43.2 Å². The molecule has 1 atom stereocenters. The minimum Gasteiger partial charge on any atom is -0.370 e. The standard InChI is InChI=1S/C34H59N9O3/c1-7-8-9-10-11-12-13-14-15-16-17-19-35-28-21-26(3)38-30(40-28)42-32(45)36-20-18-25(2)23-34(5,6)24-37-33(46)43-31-39-27(4)22-29(44)41-31/h21-22,25,35H,3,7-20,23-24H2,1-2,4-6H3,(H3,36,38,40,42,45)(H3,37,39,41,43,44,46). The number of anilines is 1. The quantitative estimate of drug-likeness (QED) is 0.0795. The van der Waals surface area contributed by atoms with E-state index in [-0.39, 0.29) is 23.0 Å². The summed E-state index contributed by atoms with van der Waals surface area (Å²) in [5.74, 6) is 1.44. The van der Waals surface area contributed by atoms with Gasteiger partial charge >= 0.3 is 12.1 Å². The maximum atomic E-state index is 12.5. The summed E-state index contributed by atoms with van der Waals surface area (Å²) in [4.78, 5) is 47.5. The molecule has 0 saturated carbocycles. The highest BCUT2D eigenvalue weighted by Crippen LogP contribution is 2.26. The summed E-state index contributed by atoms with van der Waals surface area (Å²) in [6.45, 7) is 16.0. The number of guanidine groups is 1. The van der Waals surface area contributed by atoms with Gasteiger partial charge in [0.15, 0.2) is 0 Å². The summed E-state index contributed by atoms with van der Waals surface area (Å²) >= 11 is 0. The molecule has 1 unspecified atom stereocenters. The average molecular weight is 642 g/mol. The molecule has 2 heterocycles. The van der Waals surface area contributed by atoms with E-state index in [1.165, 1.54) is 70.3 Å². The van der Waals surface area contributed by atoms with Crippen molar-refractivity contribution in [3.63, 3.8) is 0 Å². The summed E-state index contributed by atoms with van der Waals surface area (Å²) in [5, 5.41) is 17.4. The van der Waals surface area contributed by atoms with Crippen LogP contribution in [0.5, 0.6) is 0 Å². The molecule has 1 aliphatic heterocycles. The first-order valence-electron chi connectivity index (χ1n) is 17.1. The molecule has 0 radical (unpaired) electrons. The lowest BCUT2D eigenvalue weighted by atomic mass is 9.82. The number of amides is 4. The summed E-state index contributed by atoms with van der Waals surface area (Å²) in [5.41, 5.74) is 0.675. The van der Waals surface area contributed by atoms with Crippen LogP contribution in [-0.4, -0.2) is 47.6 Å². The predicted octanol–water partition coefficient (Wildman–Crippen LogP) is 6.16. The molecular weight excluding hydrogens is 582 g/mol. The zero-order chi connectivity index (χ0) is 33.8. The molecule has 0 aromatic carbocycles. The van der Waals surface area contributed by atoms with Crippen LogP contribution in [0.2, 0.25) is 0 Å². The van der Waals surface area contributed by atoms with E-state index in [4.69, 9.17) is 0 Å². The van der Waals surface area contributed by atoms with E-state index < -0.39 is 6.03 Å². The lowest BCUT2D eigenvalue weighted by molar-refractivity contribution is 0.230. The third-order valence-electron chi connectivity index (χ3n) is 7.79. The third kappa shape index (κ3) is 17.6. The molecule has 1 aromatic rings. The van der Waals surface area contributed by atoms with Crippen LogP contribution in [0, 0.1) is 18.3 Å². The Morgan fingerprint density at radius 3 is 2.22 bits per heavy atom. The number of carbonyl (C=O) groups excluding carboxylic acids is 2. The van der Waals surface area contributed by atoms with E-state index in [0.29, 0.717) is 42.2 Å². The number of H-pyrrole nitrogens is 1. The molecule has 46 heavy (non-hydrogen) atoms. The van der Waals surface area contributed by atoms with Crippen LogP contribution in [-0.2, 0) is 0 Å². The summed E-state index contributed by atoms with van der Waals surface area (Å²) in [6, 6.07) is 0.589. The zero-order valence-electron chi connectivity index (χ0n) is 28.9. The number of carbonyl (C=O) groups is 2. The van der Waals surface area contributed by atoms with Gasteiger partial charge in [0.25, 0.3) is 5.56 Å². The van der Waals surface area contributed by atoms with Gasteiger partial charge in [-0.2, -0.15) is 4.99 Å². The van der Waals surface area contributed by atoms with Crippen LogP contribution < -0.4 is 37.5 Å². The first kappa shape index (κ1) is 38.4. The number of allylic oxidation sites excluding steroid dienone is 1. The molecule has 2 rings (SSSR count). The minimum absolute atomic E-state index is 0.111. The van der Waals surface area contributed by atoms with Gasteiger partial charge in [-0.1, -0.05) is 98.5 Å². The molecule has 0 fully saturated rings. The molecule has 258 valence electrons. The highest BCUT2D eigenvalue weighted by Gasteiger charge is 2.22. The van der Waals surface area contributed by atoms with Crippen molar-refractivity contribution in [1.29, 1.82) is 0 Å². The molecule has 0 spiro atoms. The van der Waals surface area contributed by atoms with Crippen molar-refractivity contribution in [2.45, 2.75) is 118 Å². The van der Waals surface area contributed by atoms with Gasteiger partial charge in [0.1, 0.15) is 5.82 Å². The van der Waals surface area contributed by atoms with Gasteiger partial charge in [-0.25, -0.2) is 14.6 Å². The molecule has 1 aliphatic rings. The predicted molar refractivity (Wildman–Crippen MR) is 188 cm³/mol. The van der Waals surface area contributed by atoms with Crippen molar-refractivity contribution in [3.8, 4) is 0 Å². The number of nitrogens with one attached hydrogen (secondary N) is 7. The summed E-state index contributed by atoms with van der Waals surface area (Å²) in [6.07, 6.45) is 17.8. The van der Waals surface area contributed by atoms with Crippen molar-refractivity contribution in [1.82, 2.24) is 36.6 Å². The second-order valence-corrected chi connectivity index (χ2v) is 13.3. The number of aryl methyl sites for hydroxylation is 1. The topological polar surface area (TPSA) is 164 Å². The lowest BCUT2D eigenvalue weighted by Gasteiger charge is -2.28. The van der Waals surface area contributed by atoms with Crippen LogP contribution in [0.15, 0.2) is 40.0 Å². The lowest BCUT2D eigenvalue weighted by Crippen LogP contribution is -2.47. The number of unbranched alkanes of at least 4 members (excludes halogenated alkanes) is 10. The molecular formula is C34H59N9O3. The Hall–Kier alpha value is -3.83. The Morgan fingerprint density at radius 2 is 1.57 bits per heavy atom. The molecule has 7 N–H and O–H groups in total. The molecule has 4 amide bonds. The molecule has 0 saturated heterocycles. The summed E-state index contributed by atoms with van der Waals surface area (Å²) in [7, 11) is 0. The van der Waals surface area contributed by atoms with E-state index in [9.17, 15) is 14.4 Å². The number of aliphatic imine (C=N–C) groups is 1. The highest BCUT2D eigenvalue weighted by atomic mass is 16.2. The first-order chi connectivity index (χ1) is 22.0. The van der Waals surface area contributed by atoms with Gasteiger partial charge in [0.05, 0.1) is 0 Å². The number of urea groups is 2. The summed E-state index contributed by atoms with van der Waals surface area (Å²) < 4.78 is 0. The van der Waals surface area contributed by atoms with Crippen molar-refractivity contribution >= 4 is 24.0 Å². The second kappa shape index (κ2) is 21.1. The Bertz CT molecular complexity index is 1220. The van der Waals surface area contributed by atoms with E-state index in [1.807, 2.05) is 6.08 Å². The fraction of sp³-hybridized carbons (Fsp3) is 0.676. The Kier molecular flexibility index (Phi) is 17.6. The number of hydrogen-bond acceptors (Lipinski definition) is 7. The van der Waals surface area contributed by atoms with E-state index in [2.05, 4.69) is 81.1 Å². The van der Waals surface area contributed by atoms with E-state index >= 15 is 0 Å². The Morgan fingerprint density at radius 1 is 0.935 bits per heavy atom. The Labute approximate surface area is 275 Å². The third-order valence-corrected chi connectivity index (χ3v) is 7.79. The van der Waals surface area contributed by atoms with Gasteiger partial charge in [-0.15, -0.1) is 0 Å². The fourth-order valence-corrected chi connectivity index (χ4v) is 5.50. The number of nitrogens with zero attached hydrogens (tertiary/aromatic N) is 2. The normalized spacial score (nSPS) is 13.6. The highest BCUT2D eigenvalue weighted by molar-refractivity contribution is 5.98. The minimum atomic E-state index is -0.433. The van der Waals surface area contributed by atoms with Crippen molar-refractivity contribution in [2.75, 3.05) is 25.0 Å². The first-order valence-corrected chi connectivity index (χ1v) is 17.1. The smallest absolute Gasteiger partial charge is 0.321 e. The van der Waals surface area contributed by atoms with Crippen molar-refractivity contribution in [2.24, 2.45) is 16.3 Å². The second-order valence-electron chi connectivity index (χ2n) is 13.3. The van der Waals surface area contributed by atoms with Gasteiger partial charge in [-0.05, 0) is 37.5 Å². The maximum absolute atomic E-state index is 12.5. The molecule has 12 nitrogen and oxygen atoms in total.